The second kappa shape index (κ2) is 4.93. The number of nitrogens with one attached hydrogen (secondary N) is 2. The van der Waals surface area contributed by atoms with E-state index in [1.165, 1.54) is 25.7 Å². The van der Waals surface area contributed by atoms with Gasteiger partial charge in [-0.3, -0.25) is 0 Å². The lowest BCUT2D eigenvalue weighted by molar-refractivity contribution is 0.349. The van der Waals surface area contributed by atoms with Crippen LogP contribution in [0.3, 0.4) is 0 Å². The van der Waals surface area contributed by atoms with Gasteiger partial charge in [0.2, 0.25) is 0 Å². The fraction of sp³-hybridized carbons (Fsp3) is 0.467. The first-order valence-corrected chi connectivity index (χ1v) is 6.92. The van der Waals surface area contributed by atoms with Crippen molar-refractivity contribution in [2.24, 2.45) is 5.92 Å². The molecule has 1 aliphatic carbocycles. The largest absolute Gasteiger partial charge is 0.380 e. The van der Waals surface area contributed by atoms with Crippen LogP contribution in [0.4, 0.5) is 5.69 Å². The van der Waals surface area contributed by atoms with Crippen molar-refractivity contribution in [2.45, 2.75) is 38.6 Å². The number of pyridine rings is 1. The highest BCUT2D eigenvalue weighted by Gasteiger charge is 2.23. The van der Waals surface area contributed by atoms with E-state index < -0.39 is 0 Å². The minimum atomic E-state index is 0.460. The van der Waals surface area contributed by atoms with Crippen molar-refractivity contribution >= 4 is 16.7 Å². The van der Waals surface area contributed by atoms with Gasteiger partial charge in [0, 0.05) is 23.8 Å². The van der Waals surface area contributed by atoms with Crippen LogP contribution in [0.5, 0.6) is 0 Å². The van der Waals surface area contributed by atoms with Gasteiger partial charge in [-0.2, -0.15) is 5.26 Å². The van der Waals surface area contributed by atoms with Crippen LogP contribution in [0.25, 0.3) is 11.0 Å². The summed E-state index contributed by atoms with van der Waals surface area (Å²) in [6.45, 7) is 2.29. The van der Waals surface area contributed by atoms with Crippen LogP contribution < -0.4 is 5.32 Å². The number of hydrogen-bond donors (Lipinski definition) is 2. The number of anilines is 1. The summed E-state index contributed by atoms with van der Waals surface area (Å²) >= 11 is 0. The van der Waals surface area contributed by atoms with E-state index in [4.69, 9.17) is 0 Å². The van der Waals surface area contributed by atoms with Crippen LogP contribution >= 0.6 is 0 Å². The zero-order valence-electron chi connectivity index (χ0n) is 11.1. The number of hydrogen-bond acceptors (Lipinski definition) is 3. The van der Waals surface area contributed by atoms with Gasteiger partial charge in [-0.15, -0.1) is 0 Å². The second-order valence-corrected chi connectivity index (χ2v) is 5.41. The van der Waals surface area contributed by atoms with Crippen LogP contribution in [-0.4, -0.2) is 16.0 Å². The smallest absolute Gasteiger partial charge is 0.139 e. The maximum atomic E-state index is 9.27. The summed E-state index contributed by atoms with van der Waals surface area (Å²) in [6.07, 6.45) is 8.55. The molecule has 2 atom stereocenters. The van der Waals surface area contributed by atoms with Crippen molar-refractivity contribution in [1.29, 1.82) is 5.26 Å². The first-order valence-electron chi connectivity index (χ1n) is 6.92. The van der Waals surface area contributed by atoms with Crippen LogP contribution in [0.15, 0.2) is 18.5 Å². The summed E-state index contributed by atoms with van der Waals surface area (Å²) in [5, 5.41) is 13.9. The number of nitriles is 1. The molecule has 0 bridgehead atoms. The molecule has 0 spiro atoms. The van der Waals surface area contributed by atoms with Crippen LogP contribution in [0.1, 0.15) is 38.2 Å². The molecular formula is C15H18N4. The van der Waals surface area contributed by atoms with Gasteiger partial charge in [-0.25, -0.2) is 4.98 Å². The monoisotopic (exact) mass is 254 g/mol. The maximum absolute atomic E-state index is 9.27. The molecule has 2 heterocycles. The van der Waals surface area contributed by atoms with Crippen LogP contribution in [0, 0.1) is 17.2 Å². The van der Waals surface area contributed by atoms with Gasteiger partial charge in [-0.05, 0) is 24.8 Å². The Morgan fingerprint density at radius 2 is 2.26 bits per heavy atom. The van der Waals surface area contributed by atoms with Gasteiger partial charge in [0.25, 0.3) is 0 Å². The Balaban J connectivity index is 1.98. The minimum absolute atomic E-state index is 0.460. The highest BCUT2D eigenvalue weighted by molar-refractivity contribution is 5.92. The van der Waals surface area contributed by atoms with Gasteiger partial charge in [-0.1, -0.05) is 19.8 Å². The molecule has 4 nitrogen and oxygen atoms in total. The Morgan fingerprint density at radius 3 is 3.05 bits per heavy atom. The first-order chi connectivity index (χ1) is 9.29. The molecule has 0 amide bonds. The van der Waals surface area contributed by atoms with Crippen LogP contribution in [0.2, 0.25) is 0 Å². The molecular weight excluding hydrogens is 236 g/mol. The fourth-order valence-electron chi connectivity index (χ4n) is 2.96. The third kappa shape index (κ3) is 2.17. The number of aromatic nitrogens is 2. The Kier molecular flexibility index (Phi) is 3.12. The third-order valence-electron chi connectivity index (χ3n) is 4.15. The molecule has 19 heavy (non-hydrogen) atoms. The molecule has 1 aliphatic rings. The molecule has 2 N–H and O–H groups in total. The minimum Gasteiger partial charge on any atom is -0.380 e. The summed E-state index contributed by atoms with van der Waals surface area (Å²) in [4.78, 5) is 7.37. The number of fused-ring (bicyclic) bond motifs is 1. The zero-order chi connectivity index (χ0) is 13.2. The normalized spacial score (nSPS) is 23.2. The average Bonchev–Trinajstić information content (AvgIpc) is 2.90. The lowest BCUT2D eigenvalue weighted by atomic mass is 9.85. The van der Waals surface area contributed by atoms with Gasteiger partial charge < -0.3 is 10.3 Å². The molecule has 98 valence electrons. The van der Waals surface area contributed by atoms with Crippen LogP contribution in [-0.2, 0) is 0 Å². The van der Waals surface area contributed by atoms with Gasteiger partial charge in [0.15, 0.2) is 0 Å². The van der Waals surface area contributed by atoms with Crippen molar-refractivity contribution in [3.8, 4) is 6.07 Å². The zero-order valence-corrected chi connectivity index (χ0v) is 11.1. The van der Waals surface area contributed by atoms with E-state index >= 15 is 0 Å². The van der Waals surface area contributed by atoms with E-state index in [0.717, 1.165) is 16.7 Å². The Labute approximate surface area is 112 Å². The molecule has 0 unspecified atom stereocenters. The molecule has 0 radical (unpaired) electrons. The fourth-order valence-corrected chi connectivity index (χ4v) is 2.96. The highest BCUT2D eigenvalue weighted by atomic mass is 15.0. The first kappa shape index (κ1) is 12.0. The van der Waals surface area contributed by atoms with E-state index in [2.05, 4.69) is 28.3 Å². The molecule has 1 fully saturated rings. The molecule has 0 saturated heterocycles. The Morgan fingerprint density at radius 1 is 1.42 bits per heavy atom. The standard InChI is InChI=1S/C15H18N4/c1-10-4-2-3-5-13(10)19-14-11(8-16)9-18-15-12(14)6-7-17-15/h6-7,9-10,13H,2-5H2,1H3,(H2,17,18,19)/t10-,13+/m1/s1. The number of aromatic amines is 1. The summed E-state index contributed by atoms with van der Waals surface area (Å²) in [5.41, 5.74) is 2.40. The molecule has 0 aliphatic heterocycles. The second-order valence-electron chi connectivity index (χ2n) is 5.41. The van der Waals surface area contributed by atoms with Gasteiger partial charge >= 0.3 is 0 Å². The van der Waals surface area contributed by atoms with E-state index in [-0.39, 0.29) is 0 Å². The summed E-state index contributed by atoms with van der Waals surface area (Å²) < 4.78 is 0. The quantitative estimate of drug-likeness (QED) is 0.863. The van der Waals surface area contributed by atoms with E-state index in [1.54, 1.807) is 6.20 Å². The Bertz CT molecular complexity index is 623. The third-order valence-corrected chi connectivity index (χ3v) is 4.15. The van der Waals surface area contributed by atoms with E-state index in [1.807, 2.05) is 12.3 Å². The molecule has 4 heteroatoms. The maximum Gasteiger partial charge on any atom is 0.139 e. The van der Waals surface area contributed by atoms with Gasteiger partial charge in [0.1, 0.15) is 11.7 Å². The summed E-state index contributed by atoms with van der Waals surface area (Å²) in [6, 6.07) is 4.69. The van der Waals surface area contributed by atoms with Gasteiger partial charge in [0.05, 0.1) is 11.3 Å². The van der Waals surface area contributed by atoms with Crippen molar-refractivity contribution in [1.82, 2.24) is 9.97 Å². The average molecular weight is 254 g/mol. The molecule has 3 rings (SSSR count). The number of nitrogens with zero attached hydrogens (tertiary/aromatic N) is 2. The van der Waals surface area contributed by atoms with Crippen molar-refractivity contribution in [3.05, 3.63) is 24.0 Å². The predicted octanol–water partition coefficient (Wildman–Crippen LogP) is 3.43. The Hall–Kier alpha value is -2.02. The SMILES string of the molecule is C[C@@H]1CCCC[C@@H]1Nc1c(C#N)cnc2[nH]ccc12. The van der Waals surface area contributed by atoms with Crippen molar-refractivity contribution < 1.29 is 0 Å². The molecule has 2 aromatic rings. The van der Waals surface area contributed by atoms with E-state index in [0.29, 0.717) is 17.5 Å². The lowest BCUT2D eigenvalue weighted by Crippen LogP contribution is -2.30. The predicted molar refractivity (Wildman–Crippen MR) is 75.9 cm³/mol. The van der Waals surface area contributed by atoms with E-state index in [9.17, 15) is 5.26 Å². The molecule has 0 aromatic carbocycles. The topological polar surface area (TPSA) is 64.5 Å². The number of H-pyrrole nitrogens is 1. The summed E-state index contributed by atoms with van der Waals surface area (Å²) in [5.74, 6) is 0.655. The summed E-state index contributed by atoms with van der Waals surface area (Å²) in [7, 11) is 0. The molecule has 1 saturated carbocycles. The van der Waals surface area contributed by atoms with Crippen molar-refractivity contribution in [2.75, 3.05) is 5.32 Å². The van der Waals surface area contributed by atoms with Crippen molar-refractivity contribution in [3.63, 3.8) is 0 Å². The lowest BCUT2D eigenvalue weighted by Gasteiger charge is -2.30. The number of rotatable bonds is 2. The highest BCUT2D eigenvalue weighted by Crippen LogP contribution is 2.31. The molecule has 2 aromatic heterocycles.